The van der Waals surface area contributed by atoms with Crippen molar-refractivity contribution < 1.29 is 0 Å². The van der Waals surface area contributed by atoms with Crippen molar-refractivity contribution in [2.24, 2.45) is 11.8 Å². The third-order valence-corrected chi connectivity index (χ3v) is 4.22. The molecule has 1 heteroatoms. The van der Waals surface area contributed by atoms with Gasteiger partial charge in [-0.05, 0) is 24.7 Å². The molecule has 0 spiro atoms. The Balaban J connectivity index is 2.36. The Bertz CT molecular complexity index is 101. The fourth-order valence-corrected chi connectivity index (χ4v) is 3.57. The zero-order valence-corrected chi connectivity index (χ0v) is 9.10. The second-order valence-corrected chi connectivity index (χ2v) is 5.20. The van der Waals surface area contributed by atoms with Gasteiger partial charge in [0.1, 0.15) is 0 Å². The largest absolute Gasteiger partial charge is 0.0823 e. The molecule has 0 aromatic carbocycles. The minimum absolute atomic E-state index is 0.964. The molecule has 0 radical (unpaired) electrons. The van der Waals surface area contributed by atoms with Crippen LogP contribution < -0.4 is 0 Å². The summed E-state index contributed by atoms with van der Waals surface area (Å²) in [6, 6.07) is 0. The van der Waals surface area contributed by atoms with Crippen molar-refractivity contribution in [1.29, 1.82) is 0 Å². The molecule has 60 valence electrons. The van der Waals surface area contributed by atoms with Crippen molar-refractivity contribution in [2.45, 2.75) is 43.5 Å². The molecule has 0 nitrogen and oxygen atoms in total. The number of hydrogen-bond donors (Lipinski definition) is 0. The van der Waals surface area contributed by atoms with Gasteiger partial charge in [0.25, 0.3) is 0 Å². The van der Waals surface area contributed by atoms with Crippen molar-refractivity contribution in [1.82, 2.24) is 0 Å². The summed E-state index contributed by atoms with van der Waals surface area (Å²) in [7, 11) is 0. The van der Waals surface area contributed by atoms with Crippen molar-refractivity contribution in [3.8, 4) is 0 Å². The molecule has 3 atom stereocenters. The van der Waals surface area contributed by atoms with Crippen LogP contribution in [0, 0.1) is 11.8 Å². The van der Waals surface area contributed by atoms with Crippen molar-refractivity contribution >= 4 is 22.6 Å². The summed E-state index contributed by atoms with van der Waals surface area (Å²) in [5, 5.41) is 0. The quantitative estimate of drug-likeness (QED) is 0.493. The predicted molar refractivity (Wildman–Crippen MR) is 54.6 cm³/mol. The fourth-order valence-electron chi connectivity index (χ4n) is 1.83. The Kier molecular flexibility index (Phi) is 3.47. The van der Waals surface area contributed by atoms with E-state index in [1.165, 1.54) is 25.7 Å². The van der Waals surface area contributed by atoms with E-state index in [1.54, 1.807) is 0 Å². The highest BCUT2D eigenvalue weighted by Gasteiger charge is 2.24. The molecule has 1 fully saturated rings. The van der Waals surface area contributed by atoms with Crippen LogP contribution >= 0.6 is 22.6 Å². The summed E-state index contributed by atoms with van der Waals surface area (Å²) in [6.45, 7) is 4.71. The third kappa shape index (κ3) is 2.11. The maximum atomic E-state index is 2.63. The summed E-state index contributed by atoms with van der Waals surface area (Å²) in [4.78, 5) is 0. The molecule has 0 bridgehead atoms. The SMILES string of the molecule is CCC1CC[C@@H](C)C[C@H]1I. The minimum Gasteiger partial charge on any atom is -0.0823 e. The van der Waals surface area contributed by atoms with Gasteiger partial charge in [-0.2, -0.15) is 0 Å². The summed E-state index contributed by atoms with van der Waals surface area (Å²) in [5.74, 6) is 2.02. The first-order chi connectivity index (χ1) is 4.74. The first kappa shape index (κ1) is 8.82. The Morgan fingerprint density at radius 2 is 2.10 bits per heavy atom. The predicted octanol–water partition coefficient (Wildman–Crippen LogP) is 3.64. The molecule has 1 aliphatic rings. The lowest BCUT2D eigenvalue weighted by molar-refractivity contribution is 0.303. The highest BCUT2D eigenvalue weighted by atomic mass is 127. The Morgan fingerprint density at radius 3 is 2.60 bits per heavy atom. The van der Waals surface area contributed by atoms with Crippen LogP contribution in [0.3, 0.4) is 0 Å². The second-order valence-electron chi connectivity index (χ2n) is 3.60. The van der Waals surface area contributed by atoms with E-state index in [0.717, 1.165) is 15.8 Å². The molecular formula is C9H17I. The van der Waals surface area contributed by atoms with Crippen LogP contribution in [0.2, 0.25) is 0 Å². The van der Waals surface area contributed by atoms with Crippen LogP contribution in [-0.4, -0.2) is 3.92 Å². The standard InChI is InChI=1S/C9H17I/c1-3-8-5-4-7(2)6-9(8)10/h7-9H,3-6H2,1-2H3/t7-,8?,9-/m1/s1. The van der Waals surface area contributed by atoms with Gasteiger partial charge >= 0.3 is 0 Å². The average molecular weight is 252 g/mol. The van der Waals surface area contributed by atoms with Crippen molar-refractivity contribution in [3.05, 3.63) is 0 Å². The maximum Gasteiger partial charge on any atom is 0.0140 e. The van der Waals surface area contributed by atoms with Crippen LogP contribution in [0.1, 0.15) is 39.5 Å². The zero-order chi connectivity index (χ0) is 7.56. The molecule has 0 aliphatic heterocycles. The van der Waals surface area contributed by atoms with Crippen molar-refractivity contribution in [3.63, 3.8) is 0 Å². The number of alkyl halides is 1. The molecule has 0 N–H and O–H groups in total. The van der Waals surface area contributed by atoms with E-state index in [-0.39, 0.29) is 0 Å². The summed E-state index contributed by atoms with van der Waals surface area (Å²) in [5.41, 5.74) is 0. The van der Waals surface area contributed by atoms with E-state index in [9.17, 15) is 0 Å². The second kappa shape index (κ2) is 3.93. The Labute approximate surface area is 77.9 Å². The topological polar surface area (TPSA) is 0 Å². The Morgan fingerprint density at radius 1 is 1.40 bits per heavy atom. The van der Waals surface area contributed by atoms with Crippen LogP contribution in [0.4, 0.5) is 0 Å². The van der Waals surface area contributed by atoms with Crippen molar-refractivity contribution in [2.75, 3.05) is 0 Å². The first-order valence-electron chi connectivity index (χ1n) is 4.38. The van der Waals surface area contributed by atoms with E-state index in [4.69, 9.17) is 0 Å². The first-order valence-corrected chi connectivity index (χ1v) is 5.62. The minimum atomic E-state index is 0.964. The lowest BCUT2D eigenvalue weighted by Crippen LogP contribution is -2.22. The van der Waals surface area contributed by atoms with Gasteiger partial charge in [0, 0.05) is 3.92 Å². The normalized spacial score (nSPS) is 41.7. The molecular weight excluding hydrogens is 235 g/mol. The van der Waals surface area contributed by atoms with E-state index in [0.29, 0.717) is 0 Å². The maximum absolute atomic E-state index is 2.63. The van der Waals surface area contributed by atoms with Gasteiger partial charge in [0.05, 0.1) is 0 Å². The summed E-state index contributed by atoms with van der Waals surface area (Å²) >= 11 is 2.63. The van der Waals surface area contributed by atoms with Crippen LogP contribution in [0.15, 0.2) is 0 Å². The number of hydrogen-bond acceptors (Lipinski definition) is 0. The molecule has 0 aromatic rings. The highest BCUT2D eigenvalue weighted by molar-refractivity contribution is 14.1. The van der Waals surface area contributed by atoms with Crippen LogP contribution in [0.25, 0.3) is 0 Å². The summed E-state index contributed by atoms with van der Waals surface area (Å²) in [6.07, 6.45) is 5.79. The molecule has 1 saturated carbocycles. The van der Waals surface area contributed by atoms with E-state index < -0.39 is 0 Å². The highest BCUT2D eigenvalue weighted by Crippen LogP contribution is 2.35. The van der Waals surface area contributed by atoms with Crippen LogP contribution in [0.5, 0.6) is 0 Å². The van der Waals surface area contributed by atoms with Gasteiger partial charge in [-0.25, -0.2) is 0 Å². The molecule has 1 unspecified atom stereocenters. The van der Waals surface area contributed by atoms with Gasteiger partial charge < -0.3 is 0 Å². The molecule has 0 amide bonds. The van der Waals surface area contributed by atoms with E-state index >= 15 is 0 Å². The molecule has 1 rings (SSSR count). The summed E-state index contributed by atoms with van der Waals surface area (Å²) < 4.78 is 0.964. The zero-order valence-electron chi connectivity index (χ0n) is 6.94. The third-order valence-electron chi connectivity index (χ3n) is 2.69. The smallest absolute Gasteiger partial charge is 0.0140 e. The molecule has 10 heavy (non-hydrogen) atoms. The van der Waals surface area contributed by atoms with Gasteiger partial charge in [-0.3, -0.25) is 0 Å². The monoisotopic (exact) mass is 252 g/mol. The van der Waals surface area contributed by atoms with Gasteiger partial charge in [0.15, 0.2) is 0 Å². The average Bonchev–Trinajstić information content (AvgIpc) is 1.88. The molecule has 1 aliphatic carbocycles. The van der Waals surface area contributed by atoms with Crippen LogP contribution in [-0.2, 0) is 0 Å². The number of rotatable bonds is 1. The van der Waals surface area contributed by atoms with Gasteiger partial charge in [-0.1, -0.05) is 49.3 Å². The van der Waals surface area contributed by atoms with Gasteiger partial charge in [0.2, 0.25) is 0 Å². The van der Waals surface area contributed by atoms with E-state index in [2.05, 4.69) is 36.4 Å². The fraction of sp³-hybridized carbons (Fsp3) is 1.00. The van der Waals surface area contributed by atoms with E-state index in [1.807, 2.05) is 0 Å². The lowest BCUT2D eigenvalue weighted by atomic mass is 9.82. The number of halogens is 1. The van der Waals surface area contributed by atoms with Gasteiger partial charge in [-0.15, -0.1) is 0 Å². The Hall–Kier alpha value is 0.730. The lowest BCUT2D eigenvalue weighted by Gasteiger charge is -2.30. The molecule has 0 saturated heterocycles. The molecule has 0 aromatic heterocycles. The molecule has 0 heterocycles.